The van der Waals surface area contributed by atoms with Crippen molar-refractivity contribution in [2.45, 2.75) is 32.8 Å². The first-order valence-electron chi connectivity index (χ1n) is 7.25. The first-order chi connectivity index (χ1) is 9.99. The van der Waals surface area contributed by atoms with Gasteiger partial charge in [-0.15, -0.1) is 0 Å². The molecule has 0 heterocycles. The molecule has 0 fully saturated rings. The van der Waals surface area contributed by atoms with Crippen molar-refractivity contribution in [3.8, 4) is 5.75 Å². The first-order valence-corrected chi connectivity index (χ1v) is 7.25. The average molecular weight is 285 g/mol. The van der Waals surface area contributed by atoms with Crippen LogP contribution in [0.5, 0.6) is 5.75 Å². The fourth-order valence-corrected chi connectivity index (χ4v) is 2.47. The Hall–Kier alpha value is -2.00. The molecule has 0 saturated carbocycles. The van der Waals surface area contributed by atoms with Crippen LogP contribution in [-0.4, -0.2) is 11.7 Å². The first kappa shape index (κ1) is 15.4. The molecule has 1 unspecified atom stereocenters. The lowest BCUT2D eigenvalue weighted by Crippen LogP contribution is -2.11. The highest BCUT2D eigenvalue weighted by molar-refractivity contribution is 5.47. The zero-order valence-electron chi connectivity index (χ0n) is 12.8. The SMILES string of the molecule is Cc1cc(OCC(O)c2ccccc2N)ccc1C(C)C. The van der Waals surface area contributed by atoms with Crippen LogP contribution in [0.1, 0.15) is 42.6 Å². The molecule has 0 aliphatic carbocycles. The van der Waals surface area contributed by atoms with E-state index in [1.54, 1.807) is 6.07 Å². The Balaban J connectivity index is 2.03. The number of nitrogen functional groups attached to an aromatic ring is 1. The number of aliphatic hydroxyl groups excluding tert-OH is 1. The third-order valence-electron chi connectivity index (χ3n) is 3.63. The lowest BCUT2D eigenvalue weighted by Gasteiger charge is -2.16. The van der Waals surface area contributed by atoms with Gasteiger partial charge in [0.2, 0.25) is 0 Å². The third kappa shape index (κ3) is 3.76. The van der Waals surface area contributed by atoms with Gasteiger partial charge in [0.05, 0.1) is 0 Å². The highest BCUT2D eigenvalue weighted by Gasteiger charge is 2.12. The van der Waals surface area contributed by atoms with Gasteiger partial charge < -0.3 is 15.6 Å². The van der Waals surface area contributed by atoms with E-state index in [2.05, 4.69) is 26.8 Å². The molecule has 2 aromatic carbocycles. The summed E-state index contributed by atoms with van der Waals surface area (Å²) >= 11 is 0. The molecular weight excluding hydrogens is 262 g/mol. The Morgan fingerprint density at radius 3 is 2.43 bits per heavy atom. The number of aliphatic hydroxyl groups is 1. The minimum Gasteiger partial charge on any atom is -0.491 e. The summed E-state index contributed by atoms with van der Waals surface area (Å²) < 4.78 is 5.69. The molecule has 2 rings (SSSR count). The summed E-state index contributed by atoms with van der Waals surface area (Å²) in [6, 6.07) is 13.3. The number of rotatable bonds is 5. The number of benzene rings is 2. The van der Waals surface area contributed by atoms with Crippen molar-refractivity contribution in [3.05, 3.63) is 59.2 Å². The lowest BCUT2D eigenvalue weighted by molar-refractivity contribution is 0.108. The van der Waals surface area contributed by atoms with E-state index in [9.17, 15) is 5.11 Å². The molecule has 0 bridgehead atoms. The molecule has 0 spiro atoms. The van der Waals surface area contributed by atoms with Gasteiger partial charge >= 0.3 is 0 Å². The van der Waals surface area contributed by atoms with Crippen LogP contribution in [0, 0.1) is 6.92 Å². The monoisotopic (exact) mass is 285 g/mol. The number of hydrogen-bond donors (Lipinski definition) is 2. The minimum absolute atomic E-state index is 0.189. The van der Waals surface area contributed by atoms with E-state index in [1.165, 1.54) is 11.1 Å². The molecule has 3 nitrogen and oxygen atoms in total. The fraction of sp³-hybridized carbons (Fsp3) is 0.333. The van der Waals surface area contributed by atoms with E-state index in [4.69, 9.17) is 10.5 Å². The minimum atomic E-state index is -0.726. The van der Waals surface area contributed by atoms with Crippen molar-refractivity contribution in [1.29, 1.82) is 0 Å². The average Bonchev–Trinajstić information content (AvgIpc) is 2.45. The van der Waals surface area contributed by atoms with Crippen LogP contribution in [0.3, 0.4) is 0 Å². The Morgan fingerprint density at radius 2 is 1.81 bits per heavy atom. The zero-order valence-corrected chi connectivity index (χ0v) is 12.8. The topological polar surface area (TPSA) is 55.5 Å². The summed E-state index contributed by atoms with van der Waals surface area (Å²) in [6.07, 6.45) is -0.726. The number of ether oxygens (including phenoxy) is 1. The summed E-state index contributed by atoms with van der Waals surface area (Å²) in [5.74, 6) is 1.26. The molecule has 1 atom stereocenters. The molecule has 0 aliphatic heterocycles. The maximum atomic E-state index is 10.2. The third-order valence-corrected chi connectivity index (χ3v) is 3.63. The van der Waals surface area contributed by atoms with E-state index >= 15 is 0 Å². The van der Waals surface area contributed by atoms with E-state index < -0.39 is 6.10 Å². The Bertz CT molecular complexity index is 608. The summed E-state index contributed by atoms with van der Waals surface area (Å²) in [6.45, 7) is 6.61. The fourth-order valence-electron chi connectivity index (χ4n) is 2.47. The number of anilines is 1. The van der Waals surface area contributed by atoms with Gasteiger partial charge in [-0.05, 0) is 42.2 Å². The second kappa shape index (κ2) is 6.64. The molecular formula is C18H23NO2. The van der Waals surface area contributed by atoms with Crippen molar-refractivity contribution in [3.63, 3.8) is 0 Å². The summed E-state index contributed by atoms with van der Waals surface area (Å²) in [5, 5.41) is 10.2. The van der Waals surface area contributed by atoms with Gasteiger partial charge in [0, 0.05) is 11.3 Å². The molecule has 3 N–H and O–H groups in total. The van der Waals surface area contributed by atoms with Gasteiger partial charge in [-0.2, -0.15) is 0 Å². The highest BCUT2D eigenvalue weighted by atomic mass is 16.5. The van der Waals surface area contributed by atoms with Crippen LogP contribution in [0.4, 0.5) is 5.69 Å². The lowest BCUT2D eigenvalue weighted by atomic mass is 9.98. The van der Waals surface area contributed by atoms with Gasteiger partial charge in [0.25, 0.3) is 0 Å². The van der Waals surface area contributed by atoms with Crippen molar-refractivity contribution in [2.75, 3.05) is 12.3 Å². The zero-order chi connectivity index (χ0) is 15.4. The number of para-hydroxylation sites is 1. The van der Waals surface area contributed by atoms with E-state index in [-0.39, 0.29) is 6.61 Å². The summed E-state index contributed by atoms with van der Waals surface area (Å²) in [7, 11) is 0. The summed E-state index contributed by atoms with van der Waals surface area (Å²) in [5.41, 5.74) is 9.66. The molecule has 0 amide bonds. The maximum absolute atomic E-state index is 10.2. The largest absolute Gasteiger partial charge is 0.491 e. The quantitative estimate of drug-likeness (QED) is 0.821. The second-order valence-electron chi connectivity index (χ2n) is 5.63. The van der Waals surface area contributed by atoms with Crippen LogP contribution >= 0.6 is 0 Å². The summed E-state index contributed by atoms with van der Waals surface area (Å²) in [4.78, 5) is 0. The van der Waals surface area contributed by atoms with Gasteiger partial charge in [-0.1, -0.05) is 38.1 Å². The van der Waals surface area contributed by atoms with Gasteiger partial charge in [0.15, 0.2) is 0 Å². The van der Waals surface area contributed by atoms with Crippen molar-refractivity contribution < 1.29 is 9.84 Å². The number of hydrogen-bond acceptors (Lipinski definition) is 3. The maximum Gasteiger partial charge on any atom is 0.119 e. The van der Waals surface area contributed by atoms with Crippen LogP contribution in [0.25, 0.3) is 0 Å². The molecule has 112 valence electrons. The molecule has 0 aliphatic rings. The highest BCUT2D eigenvalue weighted by Crippen LogP contribution is 2.25. The van der Waals surface area contributed by atoms with E-state index in [0.717, 1.165) is 5.75 Å². The second-order valence-corrected chi connectivity index (χ2v) is 5.63. The van der Waals surface area contributed by atoms with Crippen molar-refractivity contribution in [1.82, 2.24) is 0 Å². The molecule has 0 saturated heterocycles. The predicted octanol–water partition coefficient (Wildman–Crippen LogP) is 3.81. The Kier molecular flexibility index (Phi) is 4.86. The predicted molar refractivity (Wildman–Crippen MR) is 86.6 cm³/mol. The van der Waals surface area contributed by atoms with Crippen LogP contribution in [0.15, 0.2) is 42.5 Å². The number of nitrogens with two attached hydrogens (primary N) is 1. The smallest absolute Gasteiger partial charge is 0.119 e. The molecule has 0 aromatic heterocycles. The van der Waals surface area contributed by atoms with Gasteiger partial charge in [-0.3, -0.25) is 0 Å². The standard InChI is InChI=1S/C18H23NO2/c1-12(2)15-9-8-14(10-13(15)3)21-11-18(20)16-6-4-5-7-17(16)19/h4-10,12,18,20H,11,19H2,1-3H3. The van der Waals surface area contributed by atoms with E-state index in [0.29, 0.717) is 17.2 Å². The van der Waals surface area contributed by atoms with Gasteiger partial charge in [0.1, 0.15) is 18.5 Å². The molecule has 0 radical (unpaired) electrons. The molecule has 3 heteroatoms. The van der Waals surface area contributed by atoms with E-state index in [1.807, 2.05) is 30.3 Å². The number of aryl methyl sites for hydroxylation is 1. The van der Waals surface area contributed by atoms with Crippen LogP contribution in [-0.2, 0) is 0 Å². The van der Waals surface area contributed by atoms with Gasteiger partial charge in [-0.25, -0.2) is 0 Å². The normalized spacial score (nSPS) is 12.4. The Morgan fingerprint density at radius 1 is 1.10 bits per heavy atom. The van der Waals surface area contributed by atoms with Crippen molar-refractivity contribution >= 4 is 5.69 Å². The molecule has 2 aromatic rings. The molecule has 21 heavy (non-hydrogen) atoms. The van der Waals surface area contributed by atoms with Crippen LogP contribution in [0.2, 0.25) is 0 Å². The van der Waals surface area contributed by atoms with Crippen LogP contribution < -0.4 is 10.5 Å². The Labute approximate surface area is 126 Å². The van der Waals surface area contributed by atoms with Crippen molar-refractivity contribution in [2.24, 2.45) is 0 Å².